The minimum Gasteiger partial charge on any atom is -0.396 e. The standard InChI is InChI=1S/C20H17BrClN3O2/c21-12-2-4-14-16(10-12)25-19(18(14)20(27)23-6-1-7-26)17-9-11-8-13(22)3-5-15(11)24-17/h2-5,8-10,24-26H,1,6-7H2,(H,23,27). The van der Waals surface area contributed by atoms with Gasteiger partial charge >= 0.3 is 0 Å². The zero-order chi connectivity index (χ0) is 19.0. The summed E-state index contributed by atoms with van der Waals surface area (Å²) >= 11 is 9.57. The molecule has 0 bridgehead atoms. The maximum absolute atomic E-state index is 12.9. The lowest BCUT2D eigenvalue weighted by Crippen LogP contribution is -2.25. The van der Waals surface area contributed by atoms with Crippen molar-refractivity contribution in [2.75, 3.05) is 13.2 Å². The molecule has 4 rings (SSSR count). The number of nitrogens with one attached hydrogen (secondary N) is 3. The summed E-state index contributed by atoms with van der Waals surface area (Å²) in [5.74, 6) is -0.177. The lowest BCUT2D eigenvalue weighted by atomic mass is 10.1. The smallest absolute Gasteiger partial charge is 0.254 e. The molecule has 0 unspecified atom stereocenters. The predicted octanol–water partition coefficient (Wildman–Crippen LogP) is 4.84. The first-order chi connectivity index (χ1) is 13.1. The lowest BCUT2D eigenvalue weighted by molar-refractivity contribution is 0.0953. The van der Waals surface area contributed by atoms with Crippen LogP contribution >= 0.6 is 27.5 Å². The van der Waals surface area contributed by atoms with Crippen LogP contribution in [0.5, 0.6) is 0 Å². The Balaban J connectivity index is 1.87. The number of fused-ring (bicyclic) bond motifs is 2. The number of aliphatic hydroxyl groups is 1. The molecule has 0 aliphatic carbocycles. The third kappa shape index (κ3) is 3.48. The monoisotopic (exact) mass is 445 g/mol. The van der Waals surface area contributed by atoms with Crippen molar-refractivity contribution in [1.29, 1.82) is 0 Å². The van der Waals surface area contributed by atoms with Crippen molar-refractivity contribution in [2.45, 2.75) is 6.42 Å². The first-order valence-electron chi connectivity index (χ1n) is 8.56. The average molecular weight is 447 g/mol. The number of halogens is 2. The zero-order valence-electron chi connectivity index (χ0n) is 14.3. The molecule has 0 saturated heterocycles. The molecule has 0 spiro atoms. The number of carbonyl (C=O) groups is 1. The van der Waals surface area contributed by atoms with E-state index in [0.29, 0.717) is 23.6 Å². The molecule has 2 aromatic carbocycles. The minimum atomic E-state index is -0.177. The van der Waals surface area contributed by atoms with E-state index in [0.717, 1.165) is 37.7 Å². The lowest BCUT2D eigenvalue weighted by Gasteiger charge is -2.05. The molecule has 4 N–H and O–H groups in total. The molecule has 0 aliphatic heterocycles. The summed E-state index contributed by atoms with van der Waals surface area (Å²) in [6.45, 7) is 0.455. The Bertz CT molecular complexity index is 1150. The molecule has 0 atom stereocenters. The van der Waals surface area contributed by atoms with E-state index in [1.54, 1.807) is 0 Å². The van der Waals surface area contributed by atoms with E-state index in [4.69, 9.17) is 16.7 Å². The predicted molar refractivity (Wildman–Crippen MR) is 112 cm³/mol. The molecule has 0 aliphatic rings. The molecule has 2 aromatic heterocycles. The fraction of sp³-hybridized carbons (Fsp3) is 0.150. The van der Waals surface area contributed by atoms with Gasteiger partial charge in [-0.05, 0) is 42.8 Å². The number of hydrogen-bond acceptors (Lipinski definition) is 2. The summed E-state index contributed by atoms with van der Waals surface area (Å²) in [5, 5.41) is 14.3. The molecule has 4 aromatic rings. The number of carbonyl (C=O) groups excluding carboxylic acids is 1. The molecule has 138 valence electrons. The molecule has 0 saturated carbocycles. The summed E-state index contributed by atoms with van der Waals surface area (Å²) < 4.78 is 0.929. The maximum Gasteiger partial charge on any atom is 0.254 e. The number of aromatic amines is 2. The first kappa shape index (κ1) is 18.1. The molecule has 0 fully saturated rings. The van der Waals surface area contributed by atoms with Crippen molar-refractivity contribution in [2.24, 2.45) is 0 Å². The molecular weight excluding hydrogens is 430 g/mol. The van der Waals surface area contributed by atoms with E-state index in [-0.39, 0.29) is 12.5 Å². The van der Waals surface area contributed by atoms with Gasteiger partial charge in [0.05, 0.1) is 17.0 Å². The number of rotatable bonds is 5. The maximum atomic E-state index is 12.9. The second-order valence-corrected chi connectivity index (χ2v) is 7.66. The number of aromatic nitrogens is 2. The summed E-state index contributed by atoms with van der Waals surface area (Å²) in [7, 11) is 0. The van der Waals surface area contributed by atoms with Gasteiger partial charge in [0.25, 0.3) is 5.91 Å². The number of amides is 1. The Morgan fingerprint density at radius 2 is 1.96 bits per heavy atom. The van der Waals surface area contributed by atoms with E-state index in [1.807, 2.05) is 42.5 Å². The Morgan fingerprint density at radius 3 is 2.78 bits per heavy atom. The van der Waals surface area contributed by atoms with Crippen molar-refractivity contribution < 1.29 is 9.90 Å². The SMILES string of the molecule is O=C(NCCCO)c1c(-c2cc3cc(Cl)ccc3[nH]2)[nH]c2cc(Br)ccc12. The van der Waals surface area contributed by atoms with Gasteiger partial charge in [-0.2, -0.15) is 0 Å². The van der Waals surface area contributed by atoms with Crippen LogP contribution in [0.25, 0.3) is 33.2 Å². The topological polar surface area (TPSA) is 80.9 Å². The second kappa shape index (κ2) is 7.38. The second-order valence-electron chi connectivity index (χ2n) is 6.31. The number of benzene rings is 2. The molecule has 27 heavy (non-hydrogen) atoms. The van der Waals surface area contributed by atoms with Gasteiger partial charge in [0.2, 0.25) is 0 Å². The van der Waals surface area contributed by atoms with Gasteiger partial charge < -0.3 is 20.4 Å². The Kier molecular flexibility index (Phi) is 4.95. The molecular formula is C20H17BrClN3O2. The van der Waals surface area contributed by atoms with Gasteiger partial charge in [0.1, 0.15) is 0 Å². The van der Waals surface area contributed by atoms with Gasteiger partial charge in [0.15, 0.2) is 0 Å². The molecule has 1 amide bonds. The van der Waals surface area contributed by atoms with Crippen LogP contribution in [0.3, 0.4) is 0 Å². The average Bonchev–Trinajstić information content (AvgIpc) is 3.21. The van der Waals surface area contributed by atoms with Gasteiger partial charge in [-0.3, -0.25) is 4.79 Å². The largest absolute Gasteiger partial charge is 0.396 e. The van der Waals surface area contributed by atoms with Gasteiger partial charge in [-0.25, -0.2) is 0 Å². The first-order valence-corrected chi connectivity index (χ1v) is 9.73. The van der Waals surface area contributed by atoms with Gasteiger partial charge in [0, 0.05) is 44.5 Å². The fourth-order valence-electron chi connectivity index (χ4n) is 3.22. The van der Waals surface area contributed by atoms with E-state index in [2.05, 4.69) is 31.2 Å². The van der Waals surface area contributed by atoms with E-state index < -0.39 is 0 Å². The highest BCUT2D eigenvalue weighted by Crippen LogP contribution is 2.33. The van der Waals surface area contributed by atoms with Gasteiger partial charge in [-0.15, -0.1) is 0 Å². The normalized spacial score (nSPS) is 11.4. The Hall–Kier alpha value is -2.28. The van der Waals surface area contributed by atoms with Crippen molar-refractivity contribution in [3.05, 3.63) is 57.5 Å². The molecule has 0 radical (unpaired) electrons. The minimum absolute atomic E-state index is 0.0384. The van der Waals surface area contributed by atoms with Crippen LogP contribution in [0.1, 0.15) is 16.8 Å². The fourth-order valence-corrected chi connectivity index (χ4v) is 3.76. The van der Waals surface area contributed by atoms with Gasteiger partial charge in [-0.1, -0.05) is 33.6 Å². The summed E-state index contributed by atoms with van der Waals surface area (Å²) in [5.41, 5.74) is 3.92. The third-order valence-corrected chi connectivity index (χ3v) is 5.19. The van der Waals surface area contributed by atoms with Crippen molar-refractivity contribution in [3.8, 4) is 11.4 Å². The quantitative estimate of drug-likeness (QED) is 0.331. The van der Waals surface area contributed by atoms with E-state index >= 15 is 0 Å². The summed E-state index contributed by atoms with van der Waals surface area (Å²) in [4.78, 5) is 19.6. The molecule has 5 nitrogen and oxygen atoms in total. The highest BCUT2D eigenvalue weighted by molar-refractivity contribution is 9.10. The number of aliphatic hydroxyl groups excluding tert-OH is 1. The van der Waals surface area contributed by atoms with Crippen LogP contribution in [0.15, 0.2) is 46.9 Å². The summed E-state index contributed by atoms with van der Waals surface area (Å²) in [6, 6.07) is 13.4. The highest BCUT2D eigenvalue weighted by Gasteiger charge is 2.21. The zero-order valence-corrected chi connectivity index (χ0v) is 16.6. The Labute approximate surface area is 168 Å². The third-order valence-electron chi connectivity index (χ3n) is 4.46. The van der Waals surface area contributed by atoms with Crippen molar-refractivity contribution in [3.63, 3.8) is 0 Å². The van der Waals surface area contributed by atoms with Crippen LogP contribution in [0.4, 0.5) is 0 Å². The molecule has 2 heterocycles. The summed E-state index contributed by atoms with van der Waals surface area (Å²) in [6.07, 6.45) is 0.514. The van der Waals surface area contributed by atoms with Crippen LogP contribution in [-0.2, 0) is 0 Å². The van der Waals surface area contributed by atoms with Crippen molar-refractivity contribution in [1.82, 2.24) is 15.3 Å². The number of hydrogen-bond donors (Lipinski definition) is 4. The van der Waals surface area contributed by atoms with Crippen LogP contribution < -0.4 is 5.32 Å². The highest BCUT2D eigenvalue weighted by atomic mass is 79.9. The van der Waals surface area contributed by atoms with Crippen LogP contribution in [0, 0.1) is 0 Å². The molecule has 7 heteroatoms. The van der Waals surface area contributed by atoms with Crippen LogP contribution in [0.2, 0.25) is 5.02 Å². The van der Waals surface area contributed by atoms with Crippen molar-refractivity contribution >= 4 is 55.2 Å². The van der Waals surface area contributed by atoms with E-state index in [9.17, 15) is 4.79 Å². The van der Waals surface area contributed by atoms with E-state index in [1.165, 1.54) is 0 Å². The van der Waals surface area contributed by atoms with Crippen LogP contribution in [-0.4, -0.2) is 34.1 Å². The Morgan fingerprint density at radius 1 is 1.11 bits per heavy atom. The number of H-pyrrole nitrogens is 2.